The molecule has 0 bridgehead atoms. The van der Waals surface area contributed by atoms with Gasteiger partial charge in [0.1, 0.15) is 0 Å². The van der Waals surface area contributed by atoms with E-state index in [2.05, 4.69) is 10.2 Å². The standard InChI is InChI=1S/C10H22N2O2/c1-10(2,9-13)11-3-4-12-5-7-14-8-6-12/h11,13H,3-9H2,1-2H3. The number of nitrogens with one attached hydrogen (secondary N) is 1. The van der Waals surface area contributed by atoms with Crippen LogP contribution >= 0.6 is 0 Å². The Kier molecular flexibility index (Phi) is 4.81. The zero-order valence-electron chi connectivity index (χ0n) is 9.25. The Balaban J connectivity index is 2.08. The molecule has 1 aliphatic heterocycles. The number of morpholine rings is 1. The van der Waals surface area contributed by atoms with E-state index < -0.39 is 0 Å². The molecule has 0 unspecified atom stereocenters. The number of aliphatic hydroxyl groups excluding tert-OH is 1. The fraction of sp³-hybridized carbons (Fsp3) is 1.00. The van der Waals surface area contributed by atoms with Crippen molar-refractivity contribution in [1.29, 1.82) is 0 Å². The average Bonchev–Trinajstić information content (AvgIpc) is 2.19. The lowest BCUT2D eigenvalue weighted by Gasteiger charge is -2.29. The van der Waals surface area contributed by atoms with Gasteiger partial charge in [-0.2, -0.15) is 0 Å². The summed E-state index contributed by atoms with van der Waals surface area (Å²) < 4.78 is 5.27. The quantitative estimate of drug-likeness (QED) is 0.641. The molecule has 0 spiro atoms. The number of nitrogens with zero attached hydrogens (tertiary/aromatic N) is 1. The van der Waals surface area contributed by atoms with Gasteiger partial charge in [-0.05, 0) is 13.8 Å². The third-order valence-electron chi connectivity index (χ3n) is 2.53. The largest absolute Gasteiger partial charge is 0.394 e. The fourth-order valence-corrected chi connectivity index (χ4v) is 1.43. The summed E-state index contributed by atoms with van der Waals surface area (Å²) >= 11 is 0. The van der Waals surface area contributed by atoms with Crippen molar-refractivity contribution < 1.29 is 9.84 Å². The van der Waals surface area contributed by atoms with E-state index in [1.807, 2.05) is 13.8 Å². The van der Waals surface area contributed by atoms with E-state index in [4.69, 9.17) is 9.84 Å². The molecule has 0 aromatic heterocycles. The summed E-state index contributed by atoms with van der Waals surface area (Å²) in [6, 6.07) is 0. The predicted molar refractivity (Wildman–Crippen MR) is 56.4 cm³/mol. The van der Waals surface area contributed by atoms with Crippen molar-refractivity contribution in [3.05, 3.63) is 0 Å². The summed E-state index contributed by atoms with van der Waals surface area (Å²) in [4.78, 5) is 2.38. The Morgan fingerprint density at radius 3 is 2.57 bits per heavy atom. The van der Waals surface area contributed by atoms with Crippen LogP contribution in [0, 0.1) is 0 Å². The molecule has 0 aliphatic carbocycles. The van der Waals surface area contributed by atoms with Gasteiger partial charge in [-0.15, -0.1) is 0 Å². The lowest BCUT2D eigenvalue weighted by atomic mass is 10.1. The van der Waals surface area contributed by atoms with Crippen molar-refractivity contribution in [2.45, 2.75) is 19.4 Å². The molecule has 1 heterocycles. The molecule has 1 saturated heterocycles. The van der Waals surface area contributed by atoms with Crippen LogP contribution < -0.4 is 5.32 Å². The van der Waals surface area contributed by atoms with Crippen LogP contribution in [0.1, 0.15) is 13.8 Å². The Morgan fingerprint density at radius 2 is 2.00 bits per heavy atom. The third-order valence-corrected chi connectivity index (χ3v) is 2.53. The van der Waals surface area contributed by atoms with Crippen molar-refractivity contribution in [3.8, 4) is 0 Å². The van der Waals surface area contributed by atoms with Crippen molar-refractivity contribution in [2.24, 2.45) is 0 Å². The molecule has 0 saturated carbocycles. The maximum absolute atomic E-state index is 9.03. The molecule has 0 aromatic rings. The Labute approximate surface area is 86.2 Å². The highest BCUT2D eigenvalue weighted by Crippen LogP contribution is 2.00. The summed E-state index contributed by atoms with van der Waals surface area (Å²) in [5.74, 6) is 0. The molecule has 0 aromatic carbocycles. The van der Waals surface area contributed by atoms with Crippen molar-refractivity contribution in [2.75, 3.05) is 46.0 Å². The molecule has 1 aliphatic rings. The number of aliphatic hydroxyl groups is 1. The molecule has 0 radical (unpaired) electrons. The van der Waals surface area contributed by atoms with Crippen LogP contribution in [0.3, 0.4) is 0 Å². The van der Waals surface area contributed by atoms with Crippen LogP contribution in [0.4, 0.5) is 0 Å². The van der Waals surface area contributed by atoms with Crippen molar-refractivity contribution in [1.82, 2.24) is 10.2 Å². The van der Waals surface area contributed by atoms with Crippen molar-refractivity contribution in [3.63, 3.8) is 0 Å². The molecule has 0 amide bonds. The van der Waals surface area contributed by atoms with E-state index in [1.54, 1.807) is 0 Å². The summed E-state index contributed by atoms with van der Waals surface area (Å²) in [5.41, 5.74) is -0.160. The van der Waals surface area contributed by atoms with E-state index >= 15 is 0 Å². The summed E-state index contributed by atoms with van der Waals surface area (Å²) in [6.07, 6.45) is 0. The van der Waals surface area contributed by atoms with Gasteiger partial charge in [-0.1, -0.05) is 0 Å². The van der Waals surface area contributed by atoms with E-state index in [9.17, 15) is 0 Å². The topological polar surface area (TPSA) is 44.7 Å². The Morgan fingerprint density at radius 1 is 1.36 bits per heavy atom. The summed E-state index contributed by atoms with van der Waals surface area (Å²) in [5, 5.41) is 12.4. The number of ether oxygens (including phenoxy) is 1. The number of rotatable bonds is 5. The van der Waals surface area contributed by atoms with Crippen LogP contribution in [0.25, 0.3) is 0 Å². The van der Waals surface area contributed by atoms with Gasteiger partial charge in [0.15, 0.2) is 0 Å². The monoisotopic (exact) mass is 202 g/mol. The molecule has 1 fully saturated rings. The van der Waals surface area contributed by atoms with Crippen molar-refractivity contribution >= 4 is 0 Å². The predicted octanol–water partition coefficient (Wildman–Crippen LogP) is -0.321. The molecule has 2 N–H and O–H groups in total. The maximum Gasteiger partial charge on any atom is 0.0607 e. The normalized spacial score (nSPS) is 19.9. The average molecular weight is 202 g/mol. The molecule has 84 valence electrons. The smallest absolute Gasteiger partial charge is 0.0607 e. The van der Waals surface area contributed by atoms with Crippen LogP contribution in [0.15, 0.2) is 0 Å². The SMILES string of the molecule is CC(C)(CO)NCCN1CCOCC1. The van der Waals surface area contributed by atoms with Crippen LogP contribution in [0.5, 0.6) is 0 Å². The minimum absolute atomic E-state index is 0.160. The lowest BCUT2D eigenvalue weighted by Crippen LogP contribution is -2.47. The van der Waals surface area contributed by atoms with Gasteiger partial charge in [0, 0.05) is 31.7 Å². The van der Waals surface area contributed by atoms with E-state index in [1.165, 1.54) is 0 Å². The highest BCUT2D eigenvalue weighted by molar-refractivity contribution is 4.76. The molecule has 1 rings (SSSR count). The third kappa shape index (κ3) is 4.37. The van der Waals surface area contributed by atoms with E-state index in [0.717, 1.165) is 39.4 Å². The second-order valence-electron chi connectivity index (χ2n) is 4.42. The summed E-state index contributed by atoms with van der Waals surface area (Å²) in [6.45, 7) is 9.91. The van der Waals surface area contributed by atoms with Crippen LogP contribution in [-0.4, -0.2) is 61.5 Å². The van der Waals surface area contributed by atoms with Gasteiger partial charge in [0.25, 0.3) is 0 Å². The van der Waals surface area contributed by atoms with Gasteiger partial charge in [-0.3, -0.25) is 4.90 Å². The molecule has 4 nitrogen and oxygen atoms in total. The first-order valence-corrected chi connectivity index (χ1v) is 5.30. The van der Waals surface area contributed by atoms with Crippen LogP contribution in [0.2, 0.25) is 0 Å². The molecular formula is C10H22N2O2. The molecule has 0 atom stereocenters. The first kappa shape index (κ1) is 11.9. The van der Waals surface area contributed by atoms with Gasteiger partial charge in [0.05, 0.1) is 19.8 Å². The van der Waals surface area contributed by atoms with E-state index in [0.29, 0.717) is 0 Å². The van der Waals surface area contributed by atoms with Gasteiger partial charge in [-0.25, -0.2) is 0 Å². The number of hydrogen-bond donors (Lipinski definition) is 2. The lowest BCUT2D eigenvalue weighted by molar-refractivity contribution is 0.0370. The first-order valence-electron chi connectivity index (χ1n) is 5.30. The zero-order valence-corrected chi connectivity index (χ0v) is 9.25. The van der Waals surface area contributed by atoms with E-state index in [-0.39, 0.29) is 12.1 Å². The van der Waals surface area contributed by atoms with Gasteiger partial charge in [0.2, 0.25) is 0 Å². The summed E-state index contributed by atoms with van der Waals surface area (Å²) in [7, 11) is 0. The van der Waals surface area contributed by atoms with Gasteiger partial charge >= 0.3 is 0 Å². The van der Waals surface area contributed by atoms with Crippen LogP contribution in [-0.2, 0) is 4.74 Å². The second kappa shape index (κ2) is 5.66. The molecule has 4 heteroatoms. The highest BCUT2D eigenvalue weighted by atomic mass is 16.5. The maximum atomic E-state index is 9.03. The fourth-order valence-electron chi connectivity index (χ4n) is 1.43. The Hall–Kier alpha value is -0.160. The minimum Gasteiger partial charge on any atom is -0.394 e. The Bertz CT molecular complexity index is 156. The molecule has 14 heavy (non-hydrogen) atoms. The highest BCUT2D eigenvalue weighted by Gasteiger charge is 2.16. The minimum atomic E-state index is -0.160. The molecular weight excluding hydrogens is 180 g/mol. The van der Waals surface area contributed by atoms with Gasteiger partial charge < -0.3 is 15.2 Å². The second-order valence-corrected chi connectivity index (χ2v) is 4.42. The zero-order chi connectivity index (χ0) is 10.4. The first-order chi connectivity index (χ1) is 6.64. The number of hydrogen-bond acceptors (Lipinski definition) is 4.